The molecule has 0 aliphatic carbocycles. The molecule has 1 aromatic rings. The monoisotopic (exact) mass is 238 g/mol. The molecule has 1 atom stereocenters. The minimum Gasteiger partial charge on any atom is -0.504 e. The summed E-state index contributed by atoms with van der Waals surface area (Å²) in [6, 6.07) is 4.06. The lowest BCUT2D eigenvalue weighted by atomic mass is 9.90. The van der Waals surface area contributed by atoms with Crippen LogP contribution in [0.1, 0.15) is 31.2 Å². The van der Waals surface area contributed by atoms with Gasteiger partial charge in [-0.05, 0) is 24.1 Å². The first-order valence-corrected chi connectivity index (χ1v) is 5.22. The van der Waals surface area contributed by atoms with Crippen LogP contribution in [0.2, 0.25) is 0 Å². The molecule has 92 valence electrons. The molecule has 0 aromatic heterocycles. The molecule has 3 N–H and O–H groups in total. The second kappa shape index (κ2) is 5.34. The molecular formula is C12H14O5. The lowest BCUT2D eigenvalue weighted by Gasteiger charge is -2.13. The number of carbonyl (C=O) groups is 2. The number of aliphatic carboxylic acids is 1. The van der Waals surface area contributed by atoms with E-state index in [1.54, 1.807) is 6.92 Å². The Balaban J connectivity index is 2.97. The van der Waals surface area contributed by atoms with Gasteiger partial charge in [0.15, 0.2) is 17.3 Å². The molecule has 0 aliphatic rings. The van der Waals surface area contributed by atoms with Crippen LogP contribution in [0, 0.1) is 0 Å². The Kier molecular flexibility index (Phi) is 4.09. The SMILES string of the molecule is CCC(C(=O)CC(=O)O)c1ccc(O)c(O)c1. The fraction of sp³-hybridized carbons (Fsp3) is 0.333. The first kappa shape index (κ1) is 13.0. The number of aromatic hydroxyl groups is 2. The van der Waals surface area contributed by atoms with E-state index < -0.39 is 24.1 Å². The third-order valence-corrected chi connectivity index (χ3v) is 2.52. The molecule has 0 saturated heterocycles. The van der Waals surface area contributed by atoms with Crippen molar-refractivity contribution >= 4 is 11.8 Å². The van der Waals surface area contributed by atoms with Crippen molar-refractivity contribution in [2.75, 3.05) is 0 Å². The van der Waals surface area contributed by atoms with Crippen molar-refractivity contribution in [3.63, 3.8) is 0 Å². The van der Waals surface area contributed by atoms with Gasteiger partial charge in [-0.25, -0.2) is 0 Å². The Morgan fingerprint density at radius 1 is 1.24 bits per heavy atom. The van der Waals surface area contributed by atoms with E-state index in [0.29, 0.717) is 12.0 Å². The summed E-state index contributed by atoms with van der Waals surface area (Å²) in [5.74, 6) is -2.74. The van der Waals surface area contributed by atoms with Gasteiger partial charge in [0.25, 0.3) is 0 Å². The number of benzene rings is 1. The number of hydrogen-bond donors (Lipinski definition) is 3. The van der Waals surface area contributed by atoms with Crippen LogP contribution in [-0.2, 0) is 9.59 Å². The van der Waals surface area contributed by atoms with Crippen molar-refractivity contribution in [1.82, 2.24) is 0 Å². The molecule has 0 amide bonds. The van der Waals surface area contributed by atoms with Gasteiger partial charge in [-0.15, -0.1) is 0 Å². The summed E-state index contributed by atoms with van der Waals surface area (Å²) in [6.07, 6.45) is -0.101. The summed E-state index contributed by atoms with van der Waals surface area (Å²) < 4.78 is 0. The number of carboxylic acids is 1. The van der Waals surface area contributed by atoms with Crippen LogP contribution in [0.4, 0.5) is 0 Å². The number of phenolic OH excluding ortho intramolecular Hbond substituents is 2. The van der Waals surface area contributed by atoms with E-state index >= 15 is 0 Å². The van der Waals surface area contributed by atoms with Gasteiger partial charge >= 0.3 is 5.97 Å². The Morgan fingerprint density at radius 3 is 2.35 bits per heavy atom. The van der Waals surface area contributed by atoms with E-state index in [2.05, 4.69) is 0 Å². The molecule has 0 aliphatic heterocycles. The highest BCUT2D eigenvalue weighted by atomic mass is 16.4. The van der Waals surface area contributed by atoms with Gasteiger partial charge in [-0.3, -0.25) is 9.59 Å². The first-order valence-electron chi connectivity index (χ1n) is 5.22. The zero-order chi connectivity index (χ0) is 13.0. The number of hydrogen-bond acceptors (Lipinski definition) is 4. The predicted molar refractivity (Wildman–Crippen MR) is 60.1 cm³/mol. The predicted octanol–water partition coefficient (Wildman–Crippen LogP) is 1.64. The molecule has 0 spiro atoms. The zero-order valence-electron chi connectivity index (χ0n) is 9.38. The molecule has 1 rings (SSSR count). The van der Waals surface area contributed by atoms with Gasteiger partial charge in [0.05, 0.1) is 0 Å². The van der Waals surface area contributed by atoms with Crippen LogP contribution >= 0.6 is 0 Å². The fourth-order valence-electron chi connectivity index (χ4n) is 1.68. The second-order valence-corrected chi connectivity index (χ2v) is 3.75. The van der Waals surface area contributed by atoms with Crippen molar-refractivity contribution < 1.29 is 24.9 Å². The van der Waals surface area contributed by atoms with Crippen molar-refractivity contribution in [2.45, 2.75) is 25.7 Å². The number of phenols is 2. The van der Waals surface area contributed by atoms with Crippen LogP contribution < -0.4 is 0 Å². The highest BCUT2D eigenvalue weighted by Gasteiger charge is 2.21. The number of rotatable bonds is 5. The van der Waals surface area contributed by atoms with E-state index in [1.165, 1.54) is 18.2 Å². The van der Waals surface area contributed by atoms with Crippen LogP contribution in [-0.4, -0.2) is 27.1 Å². The first-order chi connectivity index (χ1) is 7.95. The van der Waals surface area contributed by atoms with Crippen molar-refractivity contribution in [1.29, 1.82) is 0 Å². The number of carbonyl (C=O) groups excluding carboxylic acids is 1. The lowest BCUT2D eigenvalue weighted by Crippen LogP contribution is -2.15. The molecule has 0 bridgehead atoms. The summed E-state index contributed by atoms with van der Waals surface area (Å²) in [5.41, 5.74) is 0.508. The third kappa shape index (κ3) is 3.21. The molecule has 1 unspecified atom stereocenters. The Hall–Kier alpha value is -2.04. The maximum atomic E-state index is 11.7. The normalized spacial score (nSPS) is 12.1. The maximum Gasteiger partial charge on any atom is 0.310 e. The smallest absolute Gasteiger partial charge is 0.310 e. The van der Waals surface area contributed by atoms with Gasteiger partial charge in [0.2, 0.25) is 0 Å². The molecule has 1 aromatic carbocycles. The standard InChI is InChI=1S/C12H14O5/c1-2-8(10(14)6-12(16)17)7-3-4-9(13)11(15)5-7/h3-5,8,13,15H,2,6H2,1H3,(H,16,17). The number of carboxylic acid groups (broad SMARTS) is 1. The van der Waals surface area contributed by atoms with Crippen molar-refractivity contribution in [2.24, 2.45) is 0 Å². The minimum absolute atomic E-state index is 0.269. The molecule has 0 fully saturated rings. The molecule has 5 heteroatoms. The molecule has 0 saturated carbocycles. The van der Waals surface area contributed by atoms with Gasteiger partial charge in [-0.1, -0.05) is 13.0 Å². The summed E-state index contributed by atoms with van der Waals surface area (Å²) in [7, 11) is 0. The lowest BCUT2D eigenvalue weighted by molar-refractivity contribution is -0.140. The van der Waals surface area contributed by atoms with Gasteiger partial charge in [-0.2, -0.15) is 0 Å². The van der Waals surface area contributed by atoms with Crippen molar-refractivity contribution in [3.05, 3.63) is 23.8 Å². The van der Waals surface area contributed by atoms with E-state index in [0.717, 1.165) is 0 Å². The van der Waals surface area contributed by atoms with Crippen molar-refractivity contribution in [3.8, 4) is 11.5 Å². The Bertz CT molecular complexity index is 439. The molecule has 5 nitrogen and oxygen atoms in total. The van der Waals surface area contributed by atoms with E-state index in [1.807, 2.05) is 0 Å². The third-order valence-electron chi connectivity index (χ3n) is 2.52. The van der Waals surface area contributed by atoms with Gasteiger partial charge < -0.3 is 15.3 Å². The topological polar surface area (TPSA) is 94.8 Å². The summed E-state index contributed by atoms with van der Waals surface area (Å²) in [4.78, 5) is 22.1. The largest absolute Gasteiger partial charge is 0.504 e. The van der Waals surface area contributed by atoms with Crippen LogP contribution in [0.5, 0.6) is 11.5 Å². The van der Waals surface area contributed by atoms with Gasteiger partial charge in [0, 0.05) is 5.92 Å². The minimum atomic E-state index is -1.17. The number of Topliss-reactive ketones (excluding diaryl/α,β-unsaturated/α-hetero) is 1. The quantitative estimate of drug-likeness (QED) is 0.535. The van der Waals surface area contributed by atoms with E-state index in [9.17, 15) is 14.7 Å². The van der Waals surface area contributed by atoms with Gasteiger partial charge in [0.1, 0.15) is 6.42 Å². The highest BCUT2D eigenvalue weighted by Crippen LogP contribution is 2.30. The van der Waals surface area contributed by atoms with Crippen LogP contribution in [0.15, 0.2) is 18.2 Å². The summed E-state index contributed by atoms with van der Waals surface area (Å²) in [5, 5.41) is 27.0. The average molecular weight is 238 g/mol. The molecule has 0 heterocycles. The molecule has 17 heavy (non-hydrogen) atoms. The Labute approximate surface area is 98.3 Å². The van der Waals surface area contributed by atoms with E-state index in [-0.39, 0.29) is 11.5 Å². The fourth-order valence-corrected chi connectivity index (χ4v) is 1.68. The number of ketones is 1. The molecule has 0 radical (unpaired) electrons. The zero-order valence-corrected chi connectivity index (χ0v) is 9.38. The summed E-state index contributed by atoms with van der Waals surface area (Å²) in [6.45, 7) is 1.76. The highest BCUT2D eigenvalue weighted by molar-refractivity contribution is 5.98. The second-order valence-electron chi connectivity index (χ2n) is 3.75. The Morgan fingerprint density at radius 2 is 1.88 bits per heavy atom. The summed E-state index contributed by atoms with van der Waals surface area (Å²) >= 11 is 0. The van der Waals surface area contributed by atoms with Crippen LogP contribution in [0.25, 0.3) is 0 Å². The van der Waals surface area contributed by atoms with E-state index in [4.69, 9.17) is 10.2 Å². The molecular weight excluding hydrogens is 224 g/mol. The van der Waals surface area contributed by atoms with Crippen LogP contribution in [0.3, 0.4) is 0 Å². The maximum absolute atomic E-state index is 11.7. The average Bonchev–Trinajstić information content (AvgIpc) is 2.23.